The molecule has 11 heteroatoms. The van der Waals surface area contributed by atoms with Crippen LogP contribution in [0.3, 0.4) is 0 Å². The summed E-state index contributed by atoms with van der Waals surface area (Å²) >= 11 is 0. The van der Waals surface area contributed by atoms with Crippen molar-refractivity contribution in [2.24, 2.45) is 28.6 Å². The lowest BCUT2D eigenvalue weighted by Gasteiger charge is -2.54. The topological polar surface area (TPSA) is 74.6 Å². The van der Waals surface area contributed by atoms with E-state index in [9.17, 15) is 40.6 Å². The maximum Gasteiger partial charge on any atom is 0.453 e. The summed E-state index contributed by atoms with van der Waals surface area (Å²) in [7, 11) is -3.69. The highest BCUT2D eigenvalue weighted by Gasteiger charge is 2.71. The number of benzene rings is 1. The van der Waals surface area contributed by atoms with Crippen LogP contribution in [0.25, 0.3) is 0 Å². The molecule has 0 radical (unpaired) electrons. The molecule has 4 aliphatic rings. The van der Waals surface area contributed by atoms with Gasteiger partial charge in [-0.3, -0.25) is 0 Å². The van der Waals surface area contributed by atoms with Crippen LogP contribution in [0.4, 0.5) is 26.3 Å². The molecule has 1 aromatic rings. The number of aliphatic hydroxyl groups excluding tert-OH is 1. The van der Waals surface area contributed by atoms with E-state index in [1.165, 1.54) is 0 Å². The van der Waals surface area contributed by atoms with Gasteiger partial charge in [0.15, 0.2) is 0 Å². The first kappa shape index (κ1) is 34.8. The van der Waals surface area contributed by atoms with Crippen molar-refractivity contribution in [3.63, 3.8) is 0 Å². The van der Waals surface area contributed by atoms with Gasteiger partial charge in [-0.05, 0) is 104 Å². The van der Waals surface area contributed by atoms with Crippen LogP contribution in [-0.2, 0) is 9.84 Å². The SMILES string of the molecule is C[C@]12CCC3c4ccc(O)cc4[C@H](F)[C@@H](CCCCCCCCCS(=O)(=O)CCCC(F)(F)C(F)(F)F)C3C1C[C@@H](O)C21CC1. The number of hydrogen-bond acceptors (Lipinski definition) is 4. The molecule has 3 saturated carbocycles. The Morgan fingerprint density at radius 2 is 1.51 bits per heavy atom. The van der Waals surface area contributed by atoms with Crippen LogP contribution in [0.5, 0.6) is 5.75 Å². The van der Waals surface area contributed by atoms with Gasteiger partial charge < -0.3 is 10.2 Å². The molecule has 0 heterocycles. The lowest BCUT2D eigenvalue weighted by molar-refractivity contribution is -0.284. The van der Waals surface area contributed by atoms with Gasteiger partial charge in [0.2, 0.25) is 0 Å². The van der Waals surface area contributed by atoms with Crippen molar-refractivity contribution < 1.29 is 45.0 Å². The summed E-state index contributed by atoms with van der Waals surface area (Å²) in [5.41, 5.74) is 1.67. The lowest BCUT2D eigenvalue weighted by atomic mass is 9.50. The Kier molecular flexibility index (Phi) is 9.94. The highest BCUT2D eigenvalue weighted by atomic mass is 32.2. The normalized spacial score (nSPS) is 32.3. The minimum atomic E-state index is -5.67. The third kappa shape index (κ3) is 6.77. The fourth-order valence-electron chi connectivity index (χ4n) is 9.67. The van der Waals surface area contributed by atoms with Crippen molar-refractivity contribution in [2.45, 2.75) is 134 Å². The molecule has 0 aliphatic heterocycles. The predicted molar refractivity (Wildman–Crippen MR) is 161 cm³/mol. The Balaban J connectivity index is 1.08. The molecule has 4 aliphatic carbocycles. The van der Waals surface area contributed by atoms with Gasteiger partial charge in [0, 0.05) is 11.8 Å². The number of unbranched alkanes of at least 4 members (excludes halogenated alkanes) is 6. The van der Waals surface area contributed by atoms with Crippen molar-refractivity contribution >= 4 is 9.84 Å². The number of phenolic OH excluding ortho intramolecular Hbond substituents is 1. The molecule has 1 aromatic carbocycles. The molecule has 45 heavy (non-hydrogen) atoms. The second-order valence-electron chi connectivity index (χ2n) is 14.8. The molecule has 3 unspecified atom stereocenters. The number of rotatable bonds is 14. The number of sulfone groups is 1. The highest BCUT2D eigenvalue weighted by molar-refractivity contribution is 7.91. The smallest absolute Gasteiger partial charge is 0.453 e. The first-order valence-electron chi connectivity index (χ1n) is 16.8. The zero-order valence-electron chi connectivity index (χ0n) is 26.1. The Morgan fingerprint density at radius 3 is 2.16 bits per heavy atom. The van der Waals surface area contributed by atoms with E-state index in [-0.39, 0.29) is 52.1 Å². The second-order valence-corrected chi connectivity index (χ2v) is 17.1. The van der Waals surface area contributed by atoms with Crippen molar-refractivity contribution in [3.8, 4) is 5.75 Å². The largest absolute Gasteiger partial charge is 0.508 e. The summed E-state index contributed by atoms with van der Waals surface area (Å²) in [5, 5.41) is 21.3. The van der Waals surface area contributed by atoms with E-state index in [2.05, 4.69) is 6.92 Å². The number of hydrogen-bond donors (Lipinski definition) is 2. The van der Waals surface area contributed by atoms with Crippen molar-refractivity contribution in [1.29, 1.82) is 0 Å². The molecule has 2 N–H and O–H groups in total. The van der Waals surface area contributed by atoms with Gasteiger partial charge in [0.05, 0.1) is 17.6 Å². The lowest BCUT2D eigenvalue weighted by Crippen LogP contribution is -2.47. The predicted octanol–water partition coefficient (Wildman–Crippen LogP) is 9.21. The van der Waals surface area contributed by atoms with Crippen molar-refractivity contribution in [1.82, 2.24) is 0 Å². The Labute approximate surface area is 263 Å². The molecule has 0 amide bonds. The number of aromatic hydroxyl groups is 1. The maximum absolute atomic E-state index is 16.4. The molecule has 0 saturated heterocycles. The van der Waals surface area contributed by atoms with Crippen molar-refractivity contribution in [2.75, 3.05) is 11.5 Å². The van der Waals surface area contributed by atoms with E-state index in [0.29, 0.717) is 18.4 Å². The van der Waals surface area contributed by atoms with Gasteiger partial charge in [-0.15, -0.1) is 0 Å². The maximum atomic E-state index is 16.4. The molecule has 3 fully saturated rings. The molecular weight excluding hydrogens is 618 g/mol. The Bertz CT molecular complexity index is 1300. The van der Waals surface area contributed by atoms with E-state index >= 15 is 4.39 Å². The minimum Gasteiger partial charge on any atom is -0.508 e. The molecule has 5 rings (SSSR count). The van der Waals surface area contributed by atoms with Crippen LogP contribution < -0.4 is 0 Å². The standard InChI is InChI=1S/C34H48F6O4S/c1-31-15-13-24-23-12-11-22(41)20-26(23)30(35)25(29(24)27(31)21-28(42)32(31)16-17-32)10-7-5-3-2-4-6-8-18-45(43,44)19-9-14-33(36,37)34(38,39)40/h11-12,20,24-25,27-30,41-42H,2-10,13-19,21H2,1H3/t24?,25-,27?,28+,29?,30+,31-/m0/s1. The zero-order chi connectivity index (χ0) is 32.8. The van der Waals surface area contributed by atoms with Crippen LogP contribution in [-0.4, -0.2) is 48.3 Å². The summed E-state index contributed by atoms with van der Waals surface area (Å²) in [6.45, 7) is 2.34. The number of alkyl halides is 6. The first-order valence-corrected chi connectivity index (χ1v) is 18.7. The number of aliphatic hydroxyl groups is 1. The summed E-state index contributed by atoms with van der Waals surface area (Å²) in [5.74, 6) is -5.21. The second kappa shape index (κ2) is 12.8. The first-order chi connectivity index (χ1) is 21.0. The number of fused-ring (bicyclic) bond motifs is 6. The van der Waals surface area contributed by atoms with Crippen LogP contribution in [0.2, 0.25) is 0 Å². The molecule has 0 aromatic heterocycles. The number of halogens is 6. The molecule has 256 valence electrons. The molecule has 1 spiro atoms. The Hall–Kier alpha value is -1.49. The van der Waals surface area contributed by atoms with Crippen LogP contribution in [0, 0.1) is 28.6 Å². The highest BCUT2D eigenvalue weighted by Crippen LogP contribution is 2.77. The Morgan fingerprint density at radius 1 is 0.889 bits per heavy atom. The fourth-order valence-corrected chi connectivity index (χ4v) is 11.1. The quantitative estimate of drug-likeness (QED) is 0.153. The fraction of sp³-hybridized carbons (Fsp3) is 0.824. The van der Waals surface area contributed by atoms with Crippen molar-refractivity contribution in [3.05, 3.63) is 29.3 Å². The van der Waals surface area contributed by atoms with E-state index in [4.69, 9.17) is 0 Å². The van der Waals surface area contributed by atoms with E-state index in [0.717, 1.165) is 76.2 Å². The average molecular weight is 667 g/mol. The van der Waals surface area contributed by atoms with E-state index in [1.807, 2.05) is 6.07 Å². The van der Waals surface area contributed by atoms with Gasteiger partial charge >= 0.3 is 12.1 Å². The van der Waals surface area contributed by atoms with Crippen LogP contribution >= 0.6 is 0 Å². The average Bonchev–Trinajstić information content (AvgIpc) is 3.73. The molecular formula is C34H48F6O4S. The summed E-state index contributed by atoms with van der Waals surface area (Å²) < 4.78 is 103. The van der Waals surface area contributed by atoms with Gasteiger partial charge in [0.25, 0.3) is 0 Å². The molecule has 0 bridgehead atoms. The number of phenols is 1. The summed E-state index contributed by atoms with van der Waals surface area (Å²) in [6, 6.07) is 5.17. The summed E-state index contributed by atoms with van der Waals surface area (Å²) in [4.78, 5) is 0. The zero-order valence-corrected chi connectivity index (χ0v) is 26.9. The third-order valence-electron chi connectivity index (χ3n) is 12.3. The minimum absolute atomic E-state index is 0.00461. The van der Waals surface area contributed by atoms with E-state index < -0.39 is 46.7 Å². The van der Waals surface area contributed by atoms with Gasteiger partial charge in [-0.25, -0.2) is 12.8 Å². The monoisotopic (exact) mass is 666 g/mol. The molecule has 7 atom stereocenters. The van der Waals surface area contributed by atoms with Gasteiger partial charge in [0.1, 0.15) is 21.8 Å². The van der Waals surface area contributed by atoms with Gasteiger partial charge in [-0.2, -0.15) is 22.0 Å². The van der Waals surface area contributed by atoms with E-state index in [1.54, 1.807) is 12.1 Å². The van der Waals surface area contributed by atoms with Gasteiger partial charge in [-0.1, -0.05) is 51.5 Å². The van der Waals surface area contributed by atoms with Crippen LogP contribution in [0.1, 0.15) is 126 Å². The third-order valence-corrected chi connectivity index (χ3v) is 14.1. The summed E-state index contributed by atoms with van der Waals surface area (Å²) in [6.07, 6.45) is 1.49. The van der Waals surface area contributed by atoms with Crippen LogP contribution in [0.15, 0.2) is 18.2 Å². The molecule has 4 nitrogen and oxygen atoms in total.